The Morgan fingerprint density at radius 1 is 1.00 bits per heavy atom. The van der Waals surface area contributed by atoms with Crippen molar-refractivity contribution in [1.82, 2.24) is 4.98 Å². The molecule has 1 aliphatic rings. The maximum Gasteiger partial charge on any atom is 0.262 e. The van der Waals surface area contributed by atoms with Crippen molar-refractivity contribution in [3.8, 4) is 17.2 Å². The number of carbonyl (C=O) groups is 1. The van der Waals surface area contributed by atoms with Gasteiger partial charge in [0, 0.05) is 35.8 Å². The number of hydrogen-bond donors (Lipinski definition) is 1. The predicted molar refractivity (Wildman–Crippen MR) is 115 cm³/mol. The summed E-state index contributed by atoms with van der Waals surface area (Å²) >= 11 is 0. The Kier molecular flexibility index (Phi) is 5.43. The number of nitrogens with zero attached hydrogens (tertiary/aromatic N) is 2. The van der Waals surface area contributed by atoms with Crippen molar-refractivity contribution >= 4 is 17.3 Å². The zero-order valence-electron chi connectivity index (χ0n) is 17.1. The second kappa shape index (κ2) is 8.32. The van der Waals surface area contributed by atoms with E-state index in [0.29, 0.717) is 29.4 Å². The summed E-state index contributed by atoms with van der Waals surface area (Å²) in [6.07, 6.45) is 1.21. The van der Waals surface area contributed by atoms with Gasteiger partial charge in [0.25, 0.3) is 5.91 Å². The van der Waals surface area contributed by atoms with Crippen LogP contribution in [0.15, 0.2) is 60.8 Å². The van der Waals surface area contributed by atoms with Crippen molar-refractivity contribution in [1.29, 1.82) is 0 Å². The Bertz CT molecular complexity index is 1030. The number of pyridine rings is 1. The fourth-order valence-electron chi connectivity index (χ4n) is 3.50. The topological polar surface area (TPSA) is 72.9 Å². The average Bonchev–Trinajstić information content (AvgIpc) is 3.06. The fourth-order valence-corrected chi connectivity index (χ4v) is 3.50. The van der Waals surface area contributed by atoms with E-state index < -0.39 is 6.17 Å². The molecule has 0 bridgehead atoms. The van der Waals surface area contributed by atoms with Crippen LogP contribution < -0.4 is 24.4 Å². The third-order valence-corrected chi connectivity index (χ3v) is 4.89. The number of benzene rings is 2. The maximum atomic E-state index is 13.2. The molecule has 0 aliphatic carbocycles. The van der Waals surface area contributed by atoms with Crippen LogP contribution in [0.1, 0.15) is 29.1 Å². The summed E-state index contributed by atoms with van der Waals surface area (Å²) in [4.78, 5) is 19.4. The minimum absolute atomic E-state index is 0.116. The molecule has 7 nitrogen and oxygen atoms in total. The van der Waals surface area contributed by atoms with Crippen LogP contribution in [0, 0.1) is 0 Å². The van der Waals surface area contributed by atoms with Crippen LogP contribution in [-0.4, -0.2) is 31.7 Å². The lowest BCUT2D eigenvalue weighted by Gasteiger charge is -2.27. The highest BCUT2D eigenvalue weighted by atomic mass is 16.5. The number of fused-ring (bicyclic) bond motifs is 1. The number of amides is 1. The summed E-state index contributed by atoms with van der Waals surface area (Å²) < 4.78 is 16.3. The van der Waals surface area contributed by atoms with Gasteiger partial charge in [-0.3, -0.25) is 14.7 Å². The van der Waals surface area contributed by atoms with Gasteiger partial charge in [-0.25, -0.2) is 0 Å². The Morgan fingerprint density at radius 2 is 1.70 bits per heavy atom. The number of aromatic nitrogens is 1. The lowest BCUT2D eigenvalue weighted by molar-refractivity contribution is 0.0993. The molecule has 2 heterocycles. The maximum absolute atomic E-state index is 13.2. The van der Waals surface area contributed by atoms with Crippen molar-refractivity contribution in [2.45, 2.75) is 13.1 Å². The molecule has 0 unspecified atom stereocenters. The normalized spacial score (nSPS) is 15.0. The molecule has 1 aliphatic heterocycles. The molecular formula is C23H23N3O4. The highest BCUT2D eigenvalue weighted by Gasteiger charge is 2.39. The minimum atomic E-state index is -0.483. The van der Waals surface area contributed by atoms with Gasteiger partial charge >= 0.3 is 0 Å². The first-order valence-corrected chi connectivity index (χ1v) is 9.65. The zero-order chi connectivity index (χ0) is 21.1. The van der Waals surface area contributed by atoms with Crippen LogP contribution in [0.5, 0.6) is 17.2 Å². The molecule has 0 radical (unpaired) electrons. The molecule has 1 aromatic heterocycles. The number of nitrogens with one attached hydrogen (secondary N) is 1. The van der Waals surface area contributed by atoms with Crippen molar-refractivity contribution in [2.75, 3.05) is 31.0 Å². The van der Waals surface area contributed by atoms with Gasteiger partial charge in [0.1, 0.15) is 17.2 Å². The molecule has 2 aromatic carbocycles. The molecule has 154 valence electrons. The molecule has 0 saturated carbocycles. The largest absolute Gasteiger partial charge is 0.497 e. The Balaban J connectivity index is 1.73. The summed E-state index contributed by atoms with van der Waals surface area (Å²) in [5, 5.41) is 3.42. The third kappa shape index (κ3) is 3.61. The van der Waals surface area contributed by atoms with Crippen LogP contribution in [0.25, 0.3) is 0 Å². The van der Waals surface area contributed by atoms with E-state index in [2.05, 4.69) is 10.3 Å². The first-order valence-electron chi connectivity index (χ1n) is 9.65. The standard InChI is InChI=1S/C23H23N3O4/c1-4-30-17-9-7-16(8-10-17)26-22(21-20(23(26)27)6-5-11-24-21)25-15-12-18(28-2)14-19(13-15)29-3/h5-14,22,25H,4H2,1-3H3/t22-/m1/s1. The summed E-state index contributed by atoms with van der Waals surface area (Å²) in [5.41, 5.74) is 2.73. The van der Waals surface area contributed by atoms with Gasteiger partial charge in [0.05, 0.1) is 32.1 Å². The summed E-state index contributed by atoms with van der Waals surface area (Å²) in [7, 11) is 3.20. The number of carbonyl (C=O) groups excluding carboxylic acids is 1. The molecule has 0 fully saturated rings. The van der Waals surface area contributed by atoms with Gasteiger partial charge in [0.2, 0.25) is 0 Å². The second-order valence-corrected chi connectivity index (χ2v) is 6.69. The first-order chi connectivity index (χ1) is 14.6. The molecule has 0 saturated heterocycles. The molecular weight excluding hydrogens is 382 g/mol. The van der Waals surface area contributed by atoms with Crippen LogP contribution in [0.4, 0.5) is 11.4 Å². The summed E-state index contributed by atoms with van der Waals surface area (Å²) in [6, 6.07) is 16.5. The number of ether oxygens (including phenoxy) is 3. The molecule has 0 spiro atoms. The zero-order valence-corrected chi connectivity index (χ0v) is 17.1. The summed E-state index contributed by atoms with van der Waals surface area (Å²) in [6.45, 7) is 2.52. The van der Waals surface area contributed by atoms with E-state index in [0.717, 1.165) is 17.1 Å². The number of anilines is 2. The van der Waals surface area contributed by atoms with E-state index in [4.69, 9.17) is 14.2 Å². The first kappa shape index (κ1) is 19.6. The van der Waals surface area contributed by atoms with Gasteiger partial charge in [-0.05, 0) is 43.3 Å². The smallest absolute Gasteiger partial charge is 0.262 e. The highest BCUT2D eigenvalue weighted by molar-refractivity contribution is 6.11. The number of methoxy groups -OCH3 is 2. The second-order valence-electron chi connectivity index (χ2n) is 6.69. The fraction of sp³-hybridized carbons (Fsp3) is 0.217. The van der Waals surface area contributed by atoms with E-state index in [-0.39, 0.29) is 5.91 Å². The van der Waals surface area contributed by atoms with Crippen molar-refractivity contribution in [3.05, 3.63) is 72.1 Å². The van der Waals surface area contributed by atoms with E-state index in [1.807, 2.05) is 43.3 Å². The molecule has 4 rings (SSSR count). The Labute approximate surface area is 175 Å². The number of hydrogen-bond acceptors (Lipinski definition) is 6. The van der Waals surface area contributed by atoms with Crippen molar-refractivity contribution in [3.63, 3.8) is 0 Å². The van der Waals surface area contributed by atoms with Crippen LogP contribution in [0.2, 0.25) is 0 Å². The Morgan fingerprint density at radius 3 is 2.33 bits per heavy atom. The monoisotopic (exact) mass is 405 g/mol. The SMILES string of the molecule is CCOc1ccc(N2C(=O)c3cccnc3[C@@H]2Nc2cc(OC)cc(OC)c2)cc1. The van der Waals surface area contributed by atoms with Gasteiger partial charge in [-0.1, -0.05) is 0 Å². The van der Waals surface area contributed by atoms with Crippen molar-refractivity contribution in [2.24, 2.45) is 0 Å². The van der Waals surface area contributed by atoms with E-state index in [1.54, 1.807) is 43.5 Å². The minimum Gasteiger partial charge on any atom is -0.497 e. The molecule has 1 N–H and O–H groups in total. The number of rotatable bonds is 7. The average molecular weight is 405 g/mol. The van der Waals surface area contributed by atoms with Crippen LogP contribution >= 0.6 is 0 Å². The lowest BCUT2D eigenvalue weighted by Crippen LogP contribution is -2.32. The lowest BCUT2D eigenvalue weighted by atomic mass is 10.2. The predicted octanol–water partition coefficient (Wildman–Crippen LogP) is 4.27. The molecule has 7 heteroatoms. The molecule has 1 atom stereocenters. The quantitative estimate of drug-likeness (QED) is 0.633. The van der Waals surface area contributed by atoms with Gasteiger partial charge < -0.3 is 19.5 Å². The van der Waals surface area contributed by atoms with Gasteiger partial charge in [-0.2, -0.15) is 0 Å². The third-order valence-electron chi connectivity index (χ3n) is 4.89. The highest BCUT2D eigenvalue weighted by Crippen LogP contribution is 2.38. The summed E-state index contributed by atoms with van der Waals surface area (Å²) in [5.74, 6) is 1.94. The molecule has 1 amide bonds. The van der Waals surface area contributed by atoms with E-state index in [9.17, 15) is 4.79 Å². The van der Waals surface area contributed by atoms with Crippen LogP contribution in [-0.2, 0) is 0 Å². The van der Waals surface area contributed by atoms with E-state index >= 15 is 0 Å². The van der Waals surface area contributed by atoms with Gasteiger partial charge in [-0.15, -0.1) is 0 Å². The molecule has 3 aromatic rings. The van der Waals surface area contributed by atoms with Crippen LogP contribution in [0.3, 0.4) is 0 Å². The van der Waals surface area contributed by atoms with Gasteiger partial charge in [0.15, 0.2) is 6.17 Å². The van der Waals surface area contributed by atoms with E-state index in [1.165, 1.54) is 0 Å². The molecule has 30 heavy (non-hydrogen) atoms. The Hall–Kier alpha value is -3.74. The van der Waals surface area contributed by atoms with Crippen molar-refractivity contribution < 1.29 is 19.0 Å².